The van der Waals surface area contributed by atoms with Crippen LogP contribution in [-0.4, -0.2) is 97.3 Å². The summed E-state index contributed by atoms with van der Waals surface area (Å²) in [7, 11) is 4.86. The molecule has 2 unspecified atom stereocenters. The van der Waals surface area contributed by atoms with Gasteiger partial charge in [-0.05, 0) is 38.5 Å². The van der Waals surface area contributed by atoms with Gasteiger partial charge in [0.2, 0.25) is 11.8 Å². The van der Waals surface area contributed by atoms with Crippen molar-refractivity contribution in [2.24, 2.45) is 0 Å². The monoisotopic (exact) mass is 873 g/mol. The number of likely N-dealkylation sites (tertiary alicyclic amines) is 2. The van der Waals surface area contributed by atoms with E-state index in [1.807, 2.05) is 0 Å². The van der Waals surface area contributed by atoms with Crippen LogP contribution >= 0.6 is 0 Å². The number of nitrogens with zero attached hydrogens (tertiary/aromatic N) is 4. The smallest absolute Gasteiger partial charge is 0.226 e. The SMILES string of the molecule is CCCCCCCCCCCCCCCCCC[N+](C)(CCC[N+](C)(CCCCCCCCCCCCCCCCCC)CN1CCCC1=O)CN1CCCC1=O.[Cl-].[Cl-]. The van der Waals surface area contributed by atoms with Crippen molar-refractivity contribution in [3.05, 3.63) is 0 Å². The van der Waals surface area contributed by atoms with Crippen LogP contribution in [0.1, 0.15) is 251 Å². The van der Waals surface area contributed by atoms with Crippen LogP contribution in [0.3, 0.4) is 0 Å². The first-order valence-electron chi connectivity index (χ1n) is 26.0. The fourth-order valence-corrected chi connectivity index (χ4v) is 9.96. The summed E-state index contributed by atoms with van der Waals surface area (Å²) in [4.78, 5) is 29.8. The van der Waals surface area contributed by atoms with Crippen molar-refractivity contribution in [2.45, 2.75) is 251 Å². The average molecular weight is 874 g/mol. The van der Waals surface area contributed by atoms with Gasteiger partial charge in [-0.3, -0.25) is 19.4 Å². The maximum Gasteiger partial charge on any atom is 0.226 e. The molecule has 352 valence electrons. The van der Waals surface area contributed by atoms with E-state index in [0.717, 1.165) is 80.6 Å². The van der Waals surface area contributed by atoms with Crippen LogP contribution in [0.4, 0.5) is 0 Å². The molecule has 0 aromatic rings. The molecule has 2 atom stereocenters. The Morgan fingerprint density at radius 2 is 0.576 bits per heavy atom. The second kappa shape index (κ2) is 39.1. The van der Waals surface area contributed by atoms with E-state index in [1.165, 1.54) is 219 Å². The first-order chi connectivity index (χ1) is 27.8. The minimum atomic E-state index is 0. The minimum Gasteiger partial charge on any atom is -1.00 e. The van der Waals surface area contributed by atoms with Crippen LogP contribution in [0.5, 0.6) is 0 Å². The Balaban J connectivity index is 0.0000168. The molecule has 59 heavy (non-hydrogen) atoms. The van der Waals surface area contributed by atoms with E-state index >= 15 is 0 Å². The van der Waals surface area contributed by atoms with Gasteiger partial charge in [-0.25, -0.2) is 0 Å². The molecule has 2 heterocycles. The molecule has 2 rings (SSSR count). The number of unbranched alkanes of at least 4 members (excludes halogenated alkanes) is 30. The van der Waals surface area contributed by atoms with Gasteiger partial charge in [-0.15, -0.1) is 0 Å². The second-order valence-corrected chi connectivity index (χ2v) is 19.9. The molecule has 0 aliphatic carbocycles. The zero-order chi connectivity index (χ0) is 41.1. The van der Waals surface area contributed by atoms with Crippen molar-refractivity contribution < 1.29 is 43.4 Å². The zero-order valence-electron chi connectivity index (χ0n) is 40.2. The lowest BCUT2D eigenvalue weighted by atomic mass is 10.0. The standard InChI is InChI=1S/C51H102N4O2.2ClH/c1-5-7-9-11-13-15-17-19-21-23-25-27-29-31-33-35-44-54(3,48-52-42-37-40-50(52)56)46-39-47-55(4,49-53-43-38-41-51(53)57)45-36-34-32-30-28-26-24-22-20-18-16-14-12-10-8-6-2;;/h5-49H2,1-4H3;2*1H/q+2;;/p-2. The van der Waals surface area contributed by atoms with Gasteiger partial charge in [0.1, 0.15) is 0 Å². The van der Waals surface area contributed by atoms with Crippen LogP contribution < -0.4 is 24.8 Å². The number of hydrogen-bond acceptors (Lipinski definition) is 2. The first kappa shape index (κ1) is 58.4. The molecule has 0 aromatic carbocycles. The van der Waals surface area contributed by atoms with E-state index in [2.05, 4.69) is 37.7 Å². The van der Waals surface area contributed by atoms with Gasteiger partial charge in [0.15, 0.2) is 13.3 Å². The molecule has 6 nitrogen and oxygen atoms in total. The van der Waals surface area contributed by atoms with Crippen molar-refractivity contribution in [3.63, 3.8) is 0 Å². The van der Waals surface area contributed by atoms with Gasteiger partial charge in [0.25, 0.3) is 0 Å². The highest BCUT2D eigenvalue weighted by Gasteiger charge is 2.33. The second-order valence-electron chi connectivity index (χ2n) is 19.9. The van der Waals surface area contributed by atoms with Crippen LogP contribution in [0.15, 0.2) is 0 Å². The molecule has 8 heteroatoms. The molecule has 0 spiro atoms. The molecule has 2 aliphatic heterocycles. The van der Waals surface area contributed by atoms with E-state index < -0.39 is 0 Å². The predicted octanol–water partition coefficient (Wildman–Crippen LogP) is 7.96. The number of carbonyl (C=O) groups is 2. The van der Waals surface area contributed by atoms with Gasteiger partial charge < -0.3 is 33.8 Å². The Morgan fingerprint density at radius 3 is 0.797 bits per heavy atom. The van der Waals surface area contributed by atoms with Crippen molar-refractivity contribution in [3.8, 4) is 0 Å². The fraction of sp³-hybridized carbons (Fsp3) is 0.961. The summed E-state index contributed by atoms with van der Waals surface area (Å²) in [5.41, 5.74) is 0. The molecule has 2 aliphatic rings. The van der Waals surface area contributed by atoms with Crippen LogP contribution in [0.2, 0.25) is 0 Å². The van der Waals surface area contributed by atoms with Crippen LogP contribution in [-0.2, 0) is 9.59 Å². The molecule has 0 saturated carbocycles. The lowest BCUT2D eigenvalue weighted by Crippen LogP contribution is -3.00. The van der Waals surface area contributed by atoms with Gasteiger partial charge in [0.05, 0.1) is 40.3 Å². The summed E-state index contributed by atoms with van der Waals surface area (Å²) in [5, 5.41) is 0. The van der Waals surface area contributed by atoms with Crippen LogP contribution in [0.25, 0.3) is 0 Å². The van der Waals surface area contributed by atoms with Gasteiger partial charge in [-0.1, -0.05) is 194 Å². The Morgan fingerprint density at radius 1 is 0.356 bits per heavy atom. The largest absolute Gasteiger partial charge is 1.00 e. The van der Waals surface area contributed by atoms with Crippen molar-refractivity contribution >= 4 is 11.8 Å². The third kappa shape index (κ3) is 31.0. The predicted molar refractivity (Wildman–Crippen MR) is 247 cm³/mol. The Hall–Kier alpha value is -0.560. The quantitative estimate of drug-likeness (QED) is 0.0462. The summed E-state index contributed by atoms with van der Waals surface area (Å²) in [5.74, 6) is 0.728. The van der Waals surface area contributed by atoms with Crippen molar-refractivity contribution in [1.82, 2.24) is 9.80 Å². The van der Waals surface area contributed by atoms with Gasteiger partial charge >= 0.3 is 0 Å². The molecular weight excluding hydrogens is 771 g/mol. The highest BCUT2D eigenvalue weighted by atomic mass is 35.5. The molecule has 2 saturated heterocycles. The summed E-state index contributed by atoms with van der Waals surface area (Å²) in [6.07, 6.45) is 49.6. The van der Waals surface area contributed by atoms with Crippen LogP contribution in [0, 0.1) is 0 Å². The van der Waals surface area contributed by atoms with Gasteiger partial charge in [-0.2, -0.15) is 0 Å². The fourth-order valence-electron chi connectivity index (χ4n) is 9.96. The van der Waals surface area contributed by atoms with Gasteiger partial charge in [0, 0.05) is 32.4 Å². The van der Waals surface area contributed by atoms with E-state index in [4.69, 9.17) is 0 Å². The maximum atomic E-state index is 12.7. The summed E-state index contributed by atoms with van der Waals surface area (Å²) >= 11 is 0. The van der Waals surface area contributed by atoms with E-state index in [0.29, 0.717) is 11.8 Å². The summed E-state index contributed by atoms with van der Waals surface area (Å²) in [6.45, 7) is 12.9. The molecule has 0 bridgehead atoms. The number of amides is 2. The van der Waals surface area contributed by atoms with E-state index in [9.17, 15) is 9.59 Å². The zero-order valence-corrected chi connectivity index (χ0v) is 41.7. The molecular formula is C51H102Cl2N4O2. The number of quaternary nitrogens is 2. The third-order valence-electron chi connectivity index (χ3n) is 13.9. The molecule has 0 radical (unpaired) electrons. The Kier molecular flexibility index (Phi) is 38.7. The van der Waals surface area contributed by atoms with Crippen molar-refractivity contribution in [1.29, 1.82) is 0 Å². The summed E-state index contributed by atoms with van der Waals surface area (Å²) < 4.78 is 1.98. The highest BCUT2D eigenvalue weighted by Crippen LogP contribution is 2.21. The van der Waals surface area contributed by atoms with E-state index in [-0.39, 0.29) is 24.8 Å². The number of carbonyl (C=O) groups excluding carboxylic acids is 2. The first-order valence-corrected chi connectivity index (χ1v) is 26.0. The number of rotatable bonds is 42. The van der Waals surface area contributed by atoms with Crippen molar-refractivity contribution in [2.75, 3.05) is 66.7 Å². The highest BCUT2D eigenvalue weighted by molar-refractivity contribution is 5.78. The molecule has 0 aromatic heterocycles. The maximum absolute atomic E-state index is 12.7. The lowest BCUT2D eigenvalue weighted by Gasteiger charge is -2.41. The normalized spacial score (nSPS) is 16.3. The number of halogens is 2. The molecule has 2 fully saturated rings. The average Bonchev–Trinajstić information content (AvgIpc) is 3.79. The van der Waals surface area contributed by atoms with E-state index in [1.54, 1.807) is 0 Å². The minimum absolute atomic E-state index is 0. The molecule has 0 N–H and O–H groups in total. The third-order valence-corrected chi connectivity index (χ3v) is 13.9. The Labute approximate surface area is 381 Å². The lowest BCUT2D eigenvalue weighted by molar-refractivity contribution is -0.936. The topological polar surface area (TPSA) is 40.6 Å². The summed E-state index contributed by atoms with van der Waals surface area (Å²) in [6, 6.07) is 0. The Bertz CT molecular complexity index is 898. The molecule has 2 amide bonds. The number of hydrogen-bond donors (Lipinski definition) is 0.